The van der Waals surface area contributed by atoms with E-state index in [1.165, 1.54) is 16.7 Å². The number of likely N-dealkylation sites (N-methyl/N-ethyl adjacent to an activating group) is 1. The van der Waals surface area contributed by atoms with Crippen LogP contribution in [0.4, 0.5) is 10.5 Å². The van der Waals surface area contributed by atoms with Gasteiger partial charge in [-0.1, -0.05) is 42.1 Å². The van der Waals surface area contributed by atoms with Crippen LogP contribution < -0.4 is 10.6 Å². The molecular weight excluding hydrogens is 366 g/mol. The number of nitrogens with one attached hydrogen (secondary N) is 2. The molecule has 0 radical (unpaired) electrons. The highest BCUT2D eigenvalue weighted by Crippen LogP contribution is 2.28. The first kappa shape index (κ1) is 19.0. The highest BCUT2D eigenvalue weighted by atomic mass is 32.2. The zero-order valence-electron chi connectivity index (χ0n) is 15.1. The molecule has 1 fully saturated rings. The van der Waals surface area contributed by atoms with Gasteiger partial charge in [-0.15, -0.1) is 0 Å². The Morgan fingerprint density at radius 3 is 2.78 bits per heavy atom. The zero-order chi connectivity index (χ0) is 19.4. The number of anilines is 1. The van der Waals surface area contributed by atoms with Crippen LogP contribution in [0.5, 0.6) is 0 Å². The number of benzene rings is 1. The molecule has 8 nitrogen and oxygen atoms in total. The summed E-state index contributed by atoms with van der Waals surface area (Å²) in [6.07, 6.45) is 3.20. The molecule has 4 amide bonds. The van der Waals surface area contributed by atoms with Crippen LogP contribution in [0, 0.1) is 0 Å². The standard InChI is InChI=1S/C18H21N5O3S/c1-3-4-10-23-14-15(22(2)17(26)21-16(14)25)20-18(23)27-11-13(24)19-12-8-6-5-7-9-12/h3-9,14-15H,10-11H2,1-2H3,(H,19,24)(H,21,25,26)/b4-3+. The van der Waals surface area contributed by atoms with E-state index >= 15 is 0 Å². The molecule has 2 heterocycles. The van der Waals surface area contributed by atoms with Gasteiger partial charge in [-0.2, -0.15) is 0 Å². The van der Waals surface area contributed by atoms with Crippen LogP contribution in [0.3, 0.4) is 0 Å². The Balaban J connectivity index is 1.70. The zero-order valence-corrected chi connectivity index (χ0v) is 15.9. The number of carbonyl (C=O) groups excluding carboxylic acids is 3. The number of hydrogen-bond donors (Lipinski definition) is 2. The fourth-order valence-corrected chi connectivity index (χ4v) is 3.75. The summed E-state index contributed by atoms with van der Waals surface area (Å²) in [6, 6.07) is 8.13. The highest BCUT2D eigenvalue weighted by molar-refractivity contribution is 8.14. The first-order valence-corrected chi connectivity index (χ1v) is 9.50. The normalized spacial score (nSPS) is 21.9. The number of fused-ring (bicyclic) bond motifs is 1. The largest absolute Gasteiger partial charge is 0.332 e. The third-order valence-electron chi connectivity index (χ3n) is 4.25. The molecule has 0 aromatic heterocycles. The number of nitrogens with zero attached hydrogens (tertiary/aromatic N) is 3. The second kappa shape index (κ2) is 8.26. The van der Waals surface area contributed by atoms with Crippen molar-refractivity contribution in [3.8, 4) is 0 Å². The number of para-hydroxylation sites is 1. The molecule has 2 unspecified atom stereocenters. The number of thioether (sulfide) groups is 1. The maximum Gasteiger partial charge on any atom is 0.325 e. The second-order valence-electron chi connectivity index (χ2n) is 6.10. The Labute approximate surface area is 161 Å². The van der Waals surface area contributed by atoms with Crippen LogP contribution in [0.15, 0.2) is 47.5 Å². The lowest BCUT2D eigenvalue weighted by Crippen LogP contribution is -2.63. The molecule has 2 aliphatic heterocycles. The summed E-state index contributed by atoms with van der Waals surface area (Å²) in [5.41, 5.74) is 0.723. The number of rotatable bonds is 5. The summed E-state index contributed by atoms with van der Waals surface area (Å²) >= 11 is 1.25. The number of aliphatic imine (C=N–C) groups is 1. The molecule has 0 bridgehead atoms. The van der Waals surface area contributed by atoms with Gasteiger partial charge in [0, 0.05) is 19.3 Å². The highest BCUT2D eigenvalue weighted by Gasteiger charge is 2.48. The van der Waals surface area contributed by atoms with Crippen molar-refractivity contribution in [2.75, 3.05) is 24.7 Å². The third-order valence-corrected chi connectivity index (χ3v) is 5.25. The molecule has 142 valence electrons. The van der Waals surface area contributed by atoms with Crippen molar-refractivity contribution in [2.24, 2.45) is 4.99 Å². The molecule has 9 heteroatoms. The smallest absolute Gasteiger partial charge is 0.325 e. The van der Waals surface area contributed by atoms with Crippen molar-refractivity contribution in [2.45, 2.75) is 19.1 Å². The molecule has 0 saturated carbocycles. The average Bonchev–Trinajstić information content (AvgIpc) is 3.03. The lowest BCUT2D eigenvalue weighted by Gasteiger charge is -2.35. The van der Waals surface area contributed by atoms with E-state index in [1.54, 1.807) is 7.05 Å². The van der Waals surface area contributed by atoms with Crippen LogP contribution >= 0.6 is 11.8 Å². The van der Waals surface area contributed by atoms with Gasteiger partial charge in [0.25, 0.3) is 5.91 Å². The minimum atomic E-state index is -0.594. The van der Waals surface area contributed by atoms with Crippen LogP contribution in [0.1, 0.15) is 6.92 Å². The van der Waals surface area contributed by atoms with E-state index in [2.05, 4.69) is 15.6 Å². The molecular formula is C18H21N5O3S. The third kappa shape index (κ3) is 4.13. The van der Waals surface area contributed by atoms with Gasteiger partial charge in [-0.25, -0.2) is 9.79 Å². The number of imide groups is 1. The van der Waals surface area contributed by atoms with Gasteiger partial charge in [0.2, 0.25) is 5.91 Å². The van der Waals surface area contributed by atoms with Crippen LogP contribution in [0.2, 0.25) is 0 Å². The lowest BCUT2D eigenvalue weighted by atomic mass is 10.1. The van der Waals surface area contributed by atoms with Crippen LogP contribution in [0.25, 0.3) is 0 Å². The SMILES string of the molecule is C/C=C/CN1C(SCC(=O)Nc2ccccc2)=NC2C1C(=O)NC(=O)N2C. The van der Waals surface area contributed by atoms with E-state index in [9.17, 15) is 14.4 Å². The number of amides is 4. The Morgan fingerprint density at radius 2 is 2.07 bits per heavy atom. The van der Waals surface area contributed by atoms with E-state index in [-0.39, 0.29) is 17.6 Å². The molecule has 1 saturated heterocycles. The predicted octanol–water partition coefficient (Wildman–Crippen LogP) is 1.48. The van der Waals surface area contributed by atoms with Gasteiger partial charge < -0.3 is 15.1 Å². The molecule has 27 heavy (non-hydrogen) atoms. The lowest BCUT2D eigenvalue weighted by molar-refractivity contribution is -0.126. The molecule has 3 rings (SSSR count). The molecule has 2 aliphatic rings. The van der Waals surface area contributed by atoms with Crippen molar-refractivity contribution in [1.82, 2.24) is 15.1 Å². The van der Waals surface area contributed by atoms with E-state index < -0.39 is 18.2 Å². The van der Waals surface area contributed by atoms with Gasteiger partial charge in [-0.3, -0.25) is 14.9 Å². The van der Waals surface area contributed by atoms with Gasteiger partial charge in [0.15, 0.2) is 17.4 Å². The van der Waals surface area contributed by atoms with Crippen molar-refractivity contribution in [1.29, 1.82) is 0 Å². The summed E-state index contributed by atoms with van der Waals surface area (Å²) in [5, 5.41) is 5.74. The van der Waals surface area contributed by atoms with E-state index in [1.807, 2.05) is 54.3 Å². The number of carbonyl (C=O) groups is 3. The summed E-state index contributed by atoms with van der Waals surface area (Å²) in [6.45, 7) is 2.36. The Hall–Kier alpha value is -2.81. The van der Waals surface area contributed by atoms with Crippen molar-refractivity contribution < 1.29 is 14.4 Å². The van der Waals surface area contributed by atoms with Crippen LogP contribution in [-0.2, 0) is 9.59 Å². The van der Waals surface area contributed by atoms with Crippen molar-refractivity contribution in [3.05, 3.63) is 42.5 Å². The molecule has 2 atom stereocenters. The van der Waals surface area contributed by atoms with E-state index in [0.29, 0.717) is 11.7 Å². The maximum absolute atomic E-state index is 12.3. The summed E-state index contributed by atoms with van der Waals surface area (Å²) in [4.78, 5) is 44.2. The second-order valence-corrected chi connectivity index (χ2v) is 7.04. The molecule has 1 aromatic rings. The molecule has 1 aromatic carbocycles. The number of urea groups is 1. The van der Waals surface area contributed by atoms with Gasteiger partial charge in [-0.05, 0) is 19.1 Å². The summed E-state index contributed by atoms with van der Waals surface area (Å²) in [7, 11) is 1.60. The van der Waals surface area contributed by atoms with Crippen molar-refractivity contribution in [3.63, 3.8) is 0 Å². The minimum Gasteiger partial charge on any atom is -0.332 e. The molecule has 0 spiro atoms. The summed E-state index contributed by atoms with van der Waals surface area (Å²) < 4.78 is 0. The van der Waals surface area contributed by atoms with Crippen molar-refractivity contribution >= 4 is 40.5 Å². The average molecular weight is 387 g/mol. The fourth-order valence-electron chi connectivity index (χ4n) is 2.88. The maximum atomic E-state index is 12.3. The minimum absolute atomic E-state index is 0.152. The summed E-state index contributed by atoms with van der Waals surface area (Å²) in [5.74, 6) is -0.386. The van der Waals surface area contributed by atoms with Gasteiger partial charge in [0.1, 0.15) is 0 Å². The quantitative estimate of drug-likeness (QED) is 0.747. The Bertz CT molecular complexity index is 795. The van der Waals surface area contributed by atoms with Gasteiger partial charge >= 0.3 is 6.03 Å². The Kier molecular flexibility index (Phi) is 5.80. The predicted molar refractivity (Wildman–Crippen MR) is 105 cm³/mol. The fraction of sp³-hybridized carbons (Fsp3) is 0.333. The first-order valence-electron chi connectivity index (χ1n) is 8.52. The number of amidine groups is 1. The number of hydrogen-bond acceptors (Lipinski definition) is 6. The molecule has 0 aliphatic carbocycles. The van der Waals surface area contributed by atoms with E-state index in [0.717, 1.165) is 5.69 Å². The van der Waals surface area contributed by atoms with Crippen LogP contribution in [-0.4, -0.2) is 64.4 Å². The number of allylic oxidation sites excluding steroid dienone is 1. The molecule has 2 N–H and O–H groups in total. The monoisotopic (exact) mass is 387 g/mol. The topological polar surface area (TPSA) is 94.1 Å². The first-order chi connectivity index (χ1) is 13.0. The van der Waals surface area contributed by atoms with E-state index in [4.69, 9.17) is 0 Å². The van der Waals surface area contributed by atoms with Gasteiger partial charge in [0.05, 0.1) is 5.75 Å². The Morgan fingerprint density at radius 1 is 1.33 bits per heavy atom.